The Morgan fingerprint density at radius 3 is 2.72 bits per heavy atom. The molecule has 7 nitrogen and oxygen atoms in total. The Hall–Kier alpha value is -1.92. The van der Waals surface area contributed by atoms with Gasteiger partial charge in [0.15, 0.2) is 0 Å². The molecule has 0 aliphatic rings. The summed E-state index contributed by atoms with van der Waals surface area (Å²) >= 11 is 0. The van der Waals surface area contributed by atoms with Crippen molar-refractivity contribution in [2.75, 3.05) is 0 Å². The third-order valence-corrected chi connectivity index (χ3v) is 2.67. The standard InChI is InChI=1S/C11H18N4O3/c1-3-4-5-9(11(17)18)14-10(16)8(2)15-7-12-6-13-15/h6-9H,3-5H2,1-2H3,(H,14,16)(H,17,18)/t8?,9-/m0/s1. The molecule has 0 radical (unpaired) electrons. The van der Waals surface area contributed by atoms with Gasteiger partial charge in [-0.15, -0.1) is 0 Å². The maximum Gasteiger partial charge on any atom is 0.326 e. The van der Waals surface area contributed by atoms with E-state index >= 15 is 0 Å². The number of carbonyl (C=O) groups excluding carboxylic acids is 1. The van der Waals surface area contributed by atoms with Crippen molar-refractivity contribution in [1.82, 2.24) is 20.1 Å². The normalized spacial score (nSPS) is 13.9. The molecule has 0 saturated carbocycles. The fourth-order valence-corrected chi connectivity index (χ4v) is 1.50. The number of nitrogens with zero attached hydrogens (tertiary/aromatic N) is 3. The molecule has 1 unspecified atom stereocenters. The molecule has 1 rings (SSSR count). The van der Waals surface area contributed by atoms with Gasteiger partial charge in [0.05, 0.1) is 0 Å². The van der Waals surface area contributed by atoms with Crippen molar-refractivity contribution in [2.24, 2.45) is 0 Å². The maximum absolute atomic E-state index is 11.9. The van der Waals surface area contributed by atoms with E-state index in [9.17, 15) is 9.59 Å². The van der Waals surface area contributed by atoms with Crippen LogP contribution in [0.4, 0.5) is 0 Å². The number of amides is 1. The summed E-state index contributed by atoms with van der Waals surface area (Å²) in [6.45, 7) is 3.61. The van der Waals surface area contributed by atoms with E-state index in [2.05, 4.69) is 15.4 Å². The number of nitrogens with one attached hydrogen (secondary N) is 1. The number of rotatable bonds is 7. The Kier molecular flexibility index (Phi) is 5.29. The number of carbonyl (C=O) groups is 2. The molecule has 0 aromatic carbocycles. The molecule has 1 amide bonds. The van der Waals surface area contributed by atoms with Crippen molar-refractivity contribution in [3.05, 3.63) is 12.7 Å². The second kappa shape index (κ2) is 6.73. The molecule has 18 heavy (non-hydrogen) atoms. The molecule has 7 heteroatoms. The van der Waals surface area contributed by atoms with Gasteiger partial charge in [-0.25, -0.2) is 14.5 Å². The van der Waals surface area contributed by atoms with Crippen LogP contribution in [-0.4, -0.2) is 37.8 Å². The van der Waals surface area contributed by atoms with Crippen LogP contribution in [0.5, 0.6) is 0 Å². The van der Waals surface area contributed by atoms with Crippen molar-refractivity contribution in [1.29, 1.82) is 0 Å². The Morgan fingerprint density at radius 2 is 2.22 bits per heavy atom. The first-order valence-corrected chi connectivity index (χ1v) is 5.93. The minimum absolute atomic E-state index is 0.371. The average molecular weight is 254 g/mol. The summed E-state index contributed by atoms with van der Waals surface area (Å²) in [6, 6.07) is -1.42. The molecule has 1 aromatic heterocycles. The first kappa shape index (κ1) is 14.1. The van der Waals surface area contributed by atoms with Gasteiger partial charge in [-0.1, -0.05) is 19.8 Å². The number of carboxylic acid groups (broad SMARTS) is 1. The molecule has 0 spiro atoms. The summed E-state index contributed by atoms with van der Waals surface area (Å²) in [5, 5.41) is 15.4. The van der Waals surface area contributed by atoms with E-state index in [-0.39, 0.29) is 5.91 Å². The third kappa shape index (κ3) is 3.83. The lowest BCUT2D eigenvalue weighted by molar-refractivity contribution is -0.142. The molecular formula is C11H18N4O3. The van der Waals surface area contributed by atoms with Crippen LogP contribution in [0.2, 0.25) is 0 Å². The Morgan fingerprint density at radius 1 is 1.50 bits per heavy atom. The van der Waals surface area contributed by atoms with E-state index in [0.29, 0.717) is 6.42 Å². The predicted octanol–water partition coefficient (Wildman–Crippen LogP) is 0.599. The monoisotopic (exact) mass is 254 g/mol. The summed E-state index contributed by atoms with van der Waals surface area (Å²) in [5.74, 6) is -1.38. The van der Waals surface area contributed by atoms with Crippen LogP contribution in [0.1, 0.15) is 39.2 Å². The van der Waals surface area contributed by atoms with Crippen molar-refractivity contribution in [2.45, 2.75) is 45.2 Å². The topological polar surface area (TPSA) is 97.1 Å². The lowest BCUT2D eigenvalue weighted by atomic mass is 10.1. The maximum atomic E-state index is 11.9. The van der Waals surface area contributed by atoms with Crippen LogP contribution in [-0.2, 0) is 9.59 Å². The smallest absolute Gasteiger partial charge is 0.326 e. The molecule has 0 bridgehead atoms. The first-order chi connectivity index (χ1) is 8.56. The van der Waals surface area contributed by atoms with Crippen LogP contribution < -0.4 is 5.32 Å². The summed E-state index contributed by atoms with van der Waals surface area (Å²) in [6.07, 6.45) is 4.83. The Labute approximate surface area is 105 Å². The Bertz CT molecular complexity index is 391. The number of unbranched alkanes of at least 4 members (excludes halogenated alkanes) is 1. The van der Waals surface area contributed by atoms with Gasteiger partial charge >= 0.3 is 5.97 Å². The summed E-state index contributed by atoms with van der Waals surface area (Å²) in [7, 11) is 0. The highest BCUT2D eigenvalue weighted by atomic mass is 16.4. The highest BCUT2D eigenvalue weighted by Crippen LogP contribution is 2.06. The first-order valence-electron chi connectivity index (χ1n) is 5.93. The second-order valence-corrected chi connectivity index (χ2v) is 4.09. The quantitative estimate of drug-likeness (QED) is 0.742. The molecular weight excluding hydrogens is 236 g/mol. The number of aliphatic carboxylic acids is 1. The SMILES string of the molecule is CCCC[C@H](NC(=O)C(C)n1cncn1)C(=O)O. The van der Waals surface area contributed by atoms with Crippen LogP contribution in [0.15, 0.2) is 12.7 Å². The third-order valence-electron chi connectivity index (χ3n) is 2.67. The fraction of sp³-hybridized carbons (Fsp3) is 0.636. The zero-order chi connectivity index (χ0) is 13.5. The van der Waals surface area contributed by atoms with Gasteiger partial charge in [-0.3, -0.25) is 4.79 Å². The van der Waals surface area contributed by atoms with E-state index in [1.807, 2.05) is 6.92 Å². The zero-order valence-corrected chi connectivity index (χ0v) is 10.5. The molecule has 0 saturated heterocycles. The van der Waals surface area contributed by atoms with E-state index in [0.717, 1.165) is 12.8 Å². The lowest BCUT2D eigenvalue weighted by Crippen LogP contribution is -2.43. The van der Waals surface area contributed by atoms with Crippen molar-refractivity contribution in [3.8, 4) is 0 Å². The van der Waals surface area contributed by atoms with Gasteiger partial charge in [0.1, 0.15) is 24.7 Å². The molecule has 0 aliphatic carbocycles. The predicted molar refractivity (Wildman–Crippen MR) is 63.8 cm³/mol. The number of hydrogen-bond acceptors (Lipinski definition) is 4. The molecule has 0 fully saturated rings. The summed E-state index contributed by atoms with van der Waals surface area (Å²) in [4.78, 5) is 26.6. The van der Waals surface area contributed by atoms with E-state index in [1.165, 1.54) is 17.3 Å². The molecule has 1 heterocycles. The molecule has 0 aliphatic heterocycles. The van der Waals surface area contributed by atoms with Crippen LogP contribution in [0.25, 0.3) is 0 Å². The van der Waals surface area contributed by atoms with Gasteiger partial charge in [-0.2, -0.15) is 5.10 Å². The van der Waals surface area contributed by atoms with Gasteiger partial charge < -0.3 is 10.4 Å². The van der Waals surface area contributed by atoms with E-state index < -0.39 is 18.1 Å². The van der Waals surface area contributed by atoms with Crippen molar-refractivity contribution >= 4 is 11.9 Å². The van der Waals surface area contributed by atoms with Gasteiger partial charge in [-0.05, 0) is 13.3 Å². The molecule has 2 atom stereocenters. The lowest BCUT2D eigenvalue weighted by Gasteiger charge is -2.17. The van der Waals surface area contributed by atoms with Crippen LogP contribution in [0, 0.1) is 0 Å². The molecule has 2 N–H and O–H groups in total. The average Bonchev–Trinajstić information content (AvgIpc) is 2.86. The van der Waals surface area contributed by atoms with Crippen LogP contribution in [0.3, 0.4) is 0 Å². The highest BCUT2D eigenvalue weighted by Gasteiger charge is 2.23. The summed E-state index contributed by atoms with van der Waals surface area (Å²) < 4.78 is 1.38. The largest absolute Gasteiger partial charge is 0.480 e. The van der Waals surface area contributed by atoms with E-state index in [4.69, 9.17) is 5.11 Å². The summed E-state index contributed by atoms with van der Waals surface area (Å²) in [5.41, 5.74) is 0. The van der Waals surface area contributed by atoms with Crippen molar-refractivity contribution < 1.29 is 14.7 Å². The van der Waals surface area contributed by atoms with Gasteiger partial charge in [0, 0.05) is 0 Å². The highest BCUT2D eigenvalue weighted by molar-refractivity contribution is 5.85. The molecule has 100 valence electrons. The second-order valence-electron chi connectivity index (χ2n) is 4.09. The van der Waals surface area contributed by atoms with Gasteiger partial charge in [0.25, 0.3) is 0 Å². The number of hydrogen-bond donors (Lipinski definition) is 2. The fourth-order valence-electron chi connectivity index (χ4n) is 1.50. The zero-order valence-electron chi connectivity index (χ0n) is 10.5. The van der Waals surface area contributed by atoms with Crippen LogP contribution >= 0.6 is 0 Å². The minimum atomic E-state index is -1.01. The van der Waals surface area contributed by atoms with E-state index in [1.54, 1.807) is 6.92 Å². The Balaban J connectivity index is 2.58. The minimum Gasteiger partial charge on any atom is -0.480 e. The molecule has 1 aromatic rings. The number of carboxylic acids is 1. The van der Waals surface area contributed by atoms with Crippen molar-refractivity contribution in [3.63, 3.8) is 0 Å². The van der Waals surface area contributed by atoms with Gasteiger partial charge in [0.2, 0.25) is 5.91 Å². The number of aromatic nitrogens is 3.